The maximum Gasteiger partial charge on any atom is 0.356 e. The highest BCUT2D eigenvalue weighted by atomic mass is 32.1. The summed E-state index contributed by atoms with van der Waals surface area (Å²) in [6.07, 6.45) is 8.01. The molecule has 0 saturated carbocycles. The number of aromatic nitrogens is 12. The van der Waals surface area contributed by atoms with Crippen molar-refractivity contribution in [3.8, 4) is 0 Å². The molecule has 12 heterocycles. The van der Waals surface area contributed by atoms with Crippen LogP contribution in [0, 0.1) is 56.0 Å². The molecule has 3 aliphatic heterocycles. The van der Waals surface area contributed by atoms with Gasteiger partial charge in [0.2, 0.25) is 35.6 Å². The normalized spacial score (nSPS) is 14.7. The molecule has 494 valence electrons. The van der Waals surface area contributed by atoms with Crippen LogP contribution in [0.4, 0.5) is 31.0 Å². The van der Waals surface area contributed by atoms with Crippen LogP contribution in [0.25, 0.3) is 31.0 Å². The van der Waals surface area contributed by atoms with Crippen LogP contribution >= 0.6 is 34.0 Å². The van der Waals surface area contributed by atoms with E-state index in [0.29, 0.717) is 78.9 Å². The predicted molar refractivity (Wildman–Crippen MR) is 347 cm³/mol. The van der Waals surface area contributed by atoms with Gasteiger partial charge in [0.1, 0.15) is 31.6 Å². The van der Waals surface area contributed by atoms with Crippen LogP contribution in [0.2, 0.25) is 0 Å². The fourth-order valence-corrected chi connectivity index (χ4v) is 12.2. The summed E-state index contributed by atoms with van der Waals surface area (Å²) in [5.41, 5.74) is 3.41. The van der Waals surface area contributed by atoms with Gasteiger partial charge in [0.05, 0.1) is 69.5 Å². The number of rotatable bonds is 15. The van der Waals surface area contributed by atoms with Crippen molar-refractivity contribution in [2.75, 3.05) is 97.5 Å². The Morgan fingerprint density at radius 3 is 1.04 bits per heavy atom. The number of carboxylic acid groups (broad SMARTS) is 1. The molecule has 5 N–H and O–H groups in total. The van der Waals surface area contributed by atoms with Crippen molar-refractivity contribution in [2.24, 2.45) is 17.8 Å². The first kappa shape index (κ1) is 68.7. The third kappa shape index (κ3) is 16.4. The summed E-state index contributed by atoms with van der Waals surface area (Å²) < 4.78 is 41.9. The second-order valence-electron chi connectivity index (χ2n) is 22.9. The van der Waals surface area contributed by atoms with Crippen molar-refractivity contribution >= 4 is 118 Å². The molecule has 0 aliphatic carbocycles. The number of likely N-dealkylation sites (tertiary alicyclic amines) is 2. The van der Waals surface area contributed by atoms with E-state index in [0.717, 1.165) is 41.7 Å². The third-order valence-corrected chi connectivity index (χ3v) is 17.8. The summed E-state index contributed by atoms with van der Waals surface area (Å²) in [4.78, 5) is 131. The van der Waals surface area contributed by atoms with E-state index in [9.17, 15) is 47.0 Å². The number of carboxylic acids is 1. The second kappa shape index (κ2) is 29.5. The summed E-state index contributed by atoms with van der Waals surface area (Å²) in [7, 11) is 10.4. The number of nitrogens with zero attached hydrogens (tertiary/aromatic N) is 17. The SMILES string of the molecule is CN(C)C(=O)C1CNC1.Cc1nc2nc(N[C@@H](C)c3cncc(F)c3)nc(C(=O)N3CC(C(=O)N(C)C)C3)c2s1.Cc1nc2nc(N[C@@H](C)c3cncc(F)c3)nc(C(=O)N3CC(C(=O)N(C)C)C3)c2s1.Cc1nc2nc(N[C@@H](C)c3cncc(F)c3)nc(C(=O)O)c2s1. The molecule has 9 aromatic rings. The van der Waals surface area contributed by atoms with Crippen molar-refractivity contribution in [2.45, 2.75) is 59.7 Å². The first-order valence-electron chi connectivity index (χ1n) is 29.3. The molecule has 12 rings (SSSR count). The lowest BCUT2D eigenvalue weighted by molar-refractivity contribution is -0.137. The van der Waals surface area contributed by atoms with Gasteiger partial charge in [0.15, 0.2) is 34.0 Å². The maximum atomic E-state index is 13.5. The Kier molecular flexibility index (Phi) is 21.6. The van der Waals surface area contributed by atoms with E-state index in [4.69, 9.17) is 0 Å². The summed E-state index contributed by atoms with van der Waals surface area (Å²) >= 11 is 3.93. The minimum absolute atomic E-state index is 0.00500. The molecular weight excluding hydrogens is 1280 g/mol. The summed E-state index contributed by atoms with van der Waals surface area (Å²) in [5, 5.41) is 23.8. The Morgan fingerprint density at radius 2 is 0.777 bits per heavy atom. The molecule has 3 aliphatic rings. The Labute approximate surface area is 549 Å². The molecule has 9 aromatic heterocycles. The van der Waals surface area contributed by atoms with Crippen LogP contribution < -0.4 is 21.3 Å². The van der Waals surface area contributed by atoms with Gasteiger partial charge in [-0.05, 0) is 76.4 Å². The lowest BCUT2D eigenvalue weighted by Crippen LogP contribution is -2.55. The number of pyridine rings is 3. The zero-order valence-corrected chi connectivity index (χ0v) is 55.7. The number of fused-ring (bicyclic) bond motifs is 3. The zero-order chi connectivity index (χ0) is 68.0. The van der Waals surface area contributed by atoms with Crippen molar-refractivity contribution in [3.63, 3.8) is 0 Å². The van der Waals surface area contributed by atoms with Crippen LogP contribution in [-0.4, -0.2) is 206 Å². The van der Waals surface area contributed by atoms with E-state index in [1.165, 1.54) is 68.2 Å². The molecule has 3 fully saturated rings. The lowest BCUT2D eigenvalue weighted by atomic mass is 9.98. The van der Waals surface area contributed by atoms with E-state index in [1.807, 2.05) is 27.7 Å². The number of thiazole rings is 3. The number of anilines is 3. The average Bonchev–Trinajstić information content (AvgIpc) is 1.44. The van der Waals surface area contributed by atoms with Gasteiger partial charge in [0.25, 0.3) is 11.8 Å². The Morgan fingerprint density at radius 1 is 0.479 bits per heavy atom. The topological polar surface area (TPSA) is 342 Å². The fourth-order valence-electron chi connectivity index (χ4n) is 9.70. The Bertz CT molecular complexity index is 4130. The van der Waals surface area contributed by atoms with Crippen molar-refractivity contribution < 1.29 is 47.0 Å². The number of aryl methyl sites for hydroxylation is 3. The van der Waals surface area contributed by atoms with Gasteiger partial charge in [-0.3, -0.25) is 38.9 Å². The largest absolute Gasteiger partial charge is 0.476 e. The van der Waals surface area contributed by atoms with Crippen molar-refractivity contribution in [1.82, 2.24) is 89.6 Å². The molecule has 3 saturated heterocycles. The van der Waals surface area contributed by atoms with E-state index in [2.05, 4.69) is 81.1 Å². The average molecular weight is 1350 g/mol. The van der Waals surface area contributed by atoms with Gasteiger partial charge < -0.3 is 50.9 Å². The molecule has 0 spiro atoms. The highest BCUT2D eigenvalue weighted by molar-refractivity contribution is 7.19. The number of aromatic carboxylic acids is 1. The molecule has 0 bridgehead atoms. The Balaban J connectivity index is 0.000000157. The number of carbonyl (C=O) groups excluding carboxylic acids is 5. The summed E-state index contributed by atoms with van der Waals surface area (Å²) in [6, 6.07) is 3.07. The fraction of sp³-hybridized carbons (Fsp3) is 0.400. The highest BCUT2D eigenvalue weighted by Gasteiger charge is 2.40. The molecule has 3 atom stereocenters. The maximum absolute atomic E-state index is 13.5. The number of hydrogen-bond acceptors (Lipinski definition) is 25. The zero-order valence-electron chi connectivity index (χ0n) is 53.3. The summed E-state index contributed by atoms with van der Waals surface area (Å²) in [5.74, 6) is -2.32. The number of carbonyl (C=O) groups is 6. The van der Waals surface area contributed by atoms with E-state index >= 15 is 0 Å². The van der Waals surface area contributed by atoms with Gasteiger partial charge in [-0.2, -0.15) is 15.0 Å². The lowest BCUT2D eigenvalue weighted by Gasteiger charge is -2.39. The highest BCUT2D eigenvalue weighted by Crippen LogP contribution is 2.32. The molecule has 5 amide bonds. The Hall–Kier alpha value is -9.67. The van der Waals surface area contributed by atoms with Gasteiger partial charge in [0, 0.05) is 100 Å². The molecule has 34 heteroatoms. The smallest absolute Gasteiger partial charge is 0.356 e. The van der Waals surface area contributed by atoms with Crippen molar-refractivity contribution in [3.05, 3.63) is 122 Å². The van der Waals surface area contributed by atoms with Gasteiger partial charge in [-0.15, -0.1) is 34.0 Å². The standard InChI is InChI=1S/2C20H22FN7O2S.C14H12FN5O2S.C6H12N2O/c2*1-10(12-5-14(21)7-22-6-12)23-20-25-15(16-17(26-20)24-11(2)31-16)19(30)28-8-13(9-28)18(29)27(3)4;1-6(8-3-9(15)5-16-4-8)17-14-19-10(13(21)22)11-12(20-14)18-7(2)23-11;1-8(2)6(9)5-3-7-4-5/h2*5-7,10,13H,8-9H2,1-4H3,(H,23,25,26);3-6H,1-2H3,(H,21,22)(H,17,19,20);5,7H,3-4H2,1-2H3/t2*10-;6-;/m000./s1. The first-order chi connectivity index (χ1) is 44.6. The van der Waals surface area contributed by atoms with Gasteiger partial charge in [-0.1, -0.05) is 0 Å². The first-order valence-corrected chi connectivity index (χ1v) is 31.8. The quantitative estimate of drug-likeness (QED) is 0.0720. The van der Waals surface area contributed by atoms with Crippen molar-refractivity contribution in [1.29, 1.82) is 0 Å². The second-order valence-corrected chi connectivity index (χ2v) is 26.5. The molecular formula is C60H68F3N21O7S3. The number of halogens is 3. The molecule has 0 aromatic carbocycles. The number of nitrogens with one attached hydrogen (secondary N) is 4. The predicted octanol–water partition coefficient (Wildman–Crippen LogP) is 6.62. The molecule has 0 unspecified atom stereocenters. The van der Waals surface area contributed by atoms with E-state index in [1.54, 1.807) is 83.2 Å². The number of hydrogen-bond donors (Lipinski definition) is 5. The van der Waals surface area contributed by atoms with E-state index in [-0.39, 0.29) is 100 Å². The van der Waals surface area contributed by atoms with Gasteiger partial charge >= 0.3 is 5.97 Å². The molecule has 94 heavy (non-hydrogen) atoms. The van der Waals surface area contributed by atoms with E-state index < -0.39 is 23.4 Å². The monoisotopic (exact) mass is 1350 g/mol. The van der Waals surface area contributed by atoms with Crippen LogP contribution in [0.3, 0.4) is 0 Å². The number of amides is 5. The minimum Gasteiger partial charge on any atom is -0.476 e. The third-order valence-electron chi connectivity index (χ3n) is 14.9. The summed E-state index contributed by atoms with van der Waals surface area (Å²) in [6.45, 7) is 14.0. The minimum atomic E-state index is -1.15. The molecule has 28 nitrogen and oxygen atoms in total. The van der Waals surface area contributed by atoms with Crippen LogP contribution in [0.1, 0.15) is 102 Å². The van der Waals surface area contributed by atoms with Crippen LogP contribution in [-0.2, 0) is 14.4 Å². The van der Waals surface area contributed by atoms with Crippen LogP contribution in [0.15, 0.2) is 55.4 Å². The van der Waals surface area contributed by atoms with Crippen LogP contribution in [0.5, 0.6) is 0 Å². The molecule has 0 radical (unpaired) electrons. The van der Waals surface area contributed by atoms with Gasteiger partial charge in [-0.25, -0.2) is 47.9 Å².